The molecule has 0 bridgehead atoms. The first kappa shape index (κ1) is 15.8. The van der Waals surface area contributed by atoms with Crippen molar-refractivity contribution < 1.29 is 19.8 Å². The molecular weight excluding hydrogens is 248 g/mol. The SMILES string of the molecule is CCCCC(NC(=O)N(CCO)C1CCC1)C(=O)O. The highest BCUT2D eigenvalue weighted by atomic mass is 16.4. The van der Waals surface area contributed by atoms with Gasteiger partial charge in [0.15, 0.2) is 0 Å². The second-order valence-electron chi connectivity index (χ2n) is 4.98. The summed E-state index contributed by atoms with van der Waals surface area (Å²) in [4.78, 5) is 24.7. The molecule has 110 valence electrons. The summed E-state index contributed by atoms with van der Waals surface area (Å²) >= 11 is 0. The molecule has 0 radical (unpaired) electrons. The number of aliphatic carboxylic acids is 1. The lowest BCUT2D eigenvalue weighted by Gasteiger charge is -2.37. The van der Waals surface area contributed by atoms with E-state index < -0.39 is 12.0 Å². The average Bonchev–Trinajstić information content (AvgIpc) is 2.31. The molecule has 1 fully saturated rings. The normalized spacial score (nSPS) is 16.5. The van der Waals surface area contributed by atoms with Crippen LogP contribution in [-0.2, 0) is 4.79 Å². The van der Waals surface area contributed by atoms with E-state index in [-0.39, 0.29) is 25.2 Å². The Morgan fingerprint density at radius 3 is 2.53 bits per heavy atom. The number of carbonyl (C=O) groups is 2. The molecular formula is C13H24N2O4. The highest BCUT2D eigenvalue weighted by Crippen LogP contribution is 2.24. The summed E-state index contributed by atoms with van der Waals surface area (Å²) in [5, 5.41) is 20.7. The van der Waals surface area contributed by atoms with E-state index >= 15 is 0 Å². The Kier molecular flexibility index (Phi) is 6.62. The van der Waals surface area contributed by atoms with Crippen molar-refractivity contribution in [2.24, 2.45) is 0 Å². The van der Waals surface area contributed by atoms with E-state index in [1.807, 2.05) is 6.92 Å². The molecule has 0 heterocycles. The molecule has 0 aliphatic heterocycles. The molecule has 3 N–H and O–H groups in total. The maximum Gasteiger partial charge on any atom is 0.326 e. The Morgan fingerprint density at radius 1 is 1.42 bits per heavy atom. The van der Waals surface area contributed by atoms with E-state index in [1.54, 1.807) is 4.90 Å². The van der Waals surface area contributed by atoms with Gasteiger partial charge in [0.2, 0.25) is 0 Å². The van der Waals surface area contributed by atoms with E-state index in [1.165, 1.54) is 0 Å². The minimum Gasteiger partial charge on any atom is -0.480 e. The van der Waals surface area contributed by atoms with Crippen LogP contribution in [0.2, 0.25) is 0 Å². The van der Waals surface area contributed by atoms with Crippen LogP contribution in [0, 0.1) is 0 Å². The number of amides is 2. The second-order valence-corrected chi connectivity index (χ2v) is 4.98. The number of hydrogen-bond acceptors (Lipinski definition) is 3. The van der Waals surface area contributed by atoms with Crippen molar-refractivity contribution >= 4 is 12.0 Å². The molecule has 0 saturated heterocycles. The number of unbranched alkanes of at least 4 members (excludes halogenated alkanes) is 1. The summed E-state index contributed by atoms with van der Waals surface area (Å²) in [5.41, 5.74) is 0. The van der Waals surface area contributed by atoms with E-state index in [2.05, 4.69) is 5.32 Å². The minimum atomic E-state index is -1.00. The summed E-state index contributed by atoms with van der Waals surface area (Å²) in [7, 11) is 0. The summed E-state index contributed by atoms with van der Waals surface area (Å²) in [6.45, 7) is 2.14. The number of aliphatic hydroxyl groups is 1. The lowest BCUT2D eigenvalue weighted by Crippen LogP contribution is -2.53. The molecule has 6 heteroatoms. The van der Waals surface area contributed by atoms with Crippen molar-refractivity contribution in [3.05, 3.63) is 0 Å². The third-order valence-electron chi connectivity index (χ3n) is 3.56. The van der Waals surface area contributed by atoms with Gasteiger partial charge in [0.1, 0.15) is 6.04 Å². The van der Waals surface area contributed by atoms with Gasteiger partial charge in [0, 0.05) is 12.6 Å². The quantitative estimate of drug-likeness (QED) is 0.619. The zero-order chi connectivity index (χ0) is 14.3. The number of aliphatic hydroxyl groups excluding tert-OH is 1. The first-order chi connectivity index (χ1) is 9.10. The highest BCUT2D eigenvalue weighted by Gasteiger charge is 2.30. The third kappa shape index (κ3) is 4.70. The highest BCUT2D eigenvalue weighted by molar-refractivity contribution is 5.82. The Morgan fingerprint density at radius 2 is 2.11 bits per heavy atom. The predicted octanol–water partition coefficient (Wildman–Crippen LogP) is 1.19. The molecule has 1 aliphatic rings. The Balaban J connectivity index is 2.54. The molecule has 0 spiro atoms. The van der Waals surface area contributed by atoms with Crippen LogP contribution >= 0.6 is 0 Å². The molecule has 0 aromatic heterocycles. The fourth-order valence-electron chi connectivity index (χ4n) is 2.15. The molecule has 2 amide bonds. The van der Waals surface area contributed by atoms with Crippen LogP contribution in [0.5, 0.6) is 0 Å². The van der Waals surface area contributed by atoms with Crippen LogP contribution < -0.4 is 5.32 Å². The molecule has 0 aromatic carbocycles. The van der Waals surface area contributed by atoms with Gasteiger partial charge < -0.3 is 20.4 Å². The monoisotopic (exact) mass is 272 g/mol. The van der Waals surface area contributed by atoms with Crippen LogP contribution in [0.1, 0.15) is 45.4 Å². The molecule has 6 nitrogen and oxygen atoms in total. The van der Waals surface area contributed by atoms with Gasteiger partial charge in [0.05, 0.1) is 6.61 Å². The van der Waals surface area contributed by atoms with Crippen LogP contribution in [0.3, 0.4) is 0 Å². The third-order valence-corrected chi connectivity index (χ3v) is 3.56. The number of carboxylic acids is 1. The van der Waals surface area contributed by atoms with Crippen molar-refractivity contribution in [1.29, 1.82) is 0 Å². The van der Waals surface area contributed by atoms with Gasteiger partial charge in [0.25, 0.3) is 0 Å². The lowest BCUT2D eigenvalue weighted by atomic mass is 9.91. The van der Waals surface area contributed by atoms with Crippen molar-refractivity contribution in [3.8, 4) is 0 Å². The second kappa shape index (κ2) is 7.99. The maximum absolute atomic E-state index is 12.1. The van der Waals surface area contributed by atoms with E-state index in [4.69, 9.17) is 10.2 Å². The molecule has 1 saturated carbocycles. The van der Waals surface area contributed by atoms with E-state index in [0.29, 0.717) is 6.42 Å². The van der Waals surface area contributed by atoms with Crippen molar-refractivity contribution in [3.63, 3.8) is 0 Å². The van der Waals surface area contributed by atoms with Gasteiger partial charge in [-0.25, -0.2) is 9.59 Å². The van der Waals surface area contributed by atoms with Gasteiger partial charge in [-0.3, -0.25) is 0 Å². The zero-order valence-corrected chi connectivity index (χ0v) is 11.5. The number of rotatable bonds is 8. The molecule has 1 rings (SSSR count). The van der Waals surface area contributed by atoms with Crippen LogP contribution in [0.15, 0.2) is 0 Å². The van der Waals surface area contributed by atoms with Gasteiger partial charge in [-0.15, -0.1) is 0 Å². The largest absolute Gasteiger partial charge is 0.480 e. The summed E-state index contributed by atoms with van der Waals surface area (Å²) in [6, 6.07) is -1.07. The molecule has 0 aromatic rings. The van der Waals surface area contributed by atoms with Crippen LogP contribution in [0.4, 0.5) is 4.79 Å². The van der Waals surface area contributed by atoms with E-state index in [9.17, 15) is 9.59 Å². The van der Waals surface area contributed by atoms with Crippen LogP contribution in [-0.4, -0.2) is 52.3 Å². The smallest absolute Gasteiger partial charge is 0.326 e. The molecule has 1 aliphatic carbocycles. The lowest BCUT2D eigenvalue weighted by molar-refractivity contribution is -0.139. The Labute approximate surface area is 113 Å². The first-order valence-electron chi connectivity index (χ1n) is 7.01. The molecule has 19 heavy (non-hydrogen) atoms. The zero-order valence-electron chi connectivity index (χ0n) is 11.5. The van der Waals surface area contributed by atoms with Crippen LogP contribution in [0.25, 0.3) is 0 Å². The number of nitrogens with one attached hydrogen (secondary N) is 1. The summed E-state index contributed by atoms with van der Waals surface area (Å²) in [5.74, 6) is -1.00. The number of hydrogen-bond donors (Lipinski definition) is 3. The van der Waals surface area contributed by atoms with Gasteiger partial charge in [-0.1, -0.05) is 19.8 Å². The van der Waals surface area contributed by atoms with Gasteiger partial charge in [-0.05, 0) is 25.7 Å². The van der Waals surface area contributed by atoms with Gasteiger partial charge >= 0.3 is 12.0 Å². The number of urea groups is 1. The predicted molar refractivity (Wildman–Crippen MR) is 70.9 cm³/mol. The average molecular weight is 272 g/mol. The first-order valence-corrected chi connectivity index (χ1v) is 7.01. The van der Waals surface area contributed by atoms with Crippen molar-refractivity contribution in [2.75, 3.05) is 13.2 Å². The number of carboxylic acid groups (broad SMARTS) is 1. The van der Waals surface area contributed by atoms with Crippen molar-refractivity contribution in [2.45, 2.75) is 57.5 Å². The van der Waals surface area contributed by atoms with E-state index in [0.717, 1.165) is 32.1 Å². The summed E-state index contributed by atoms with van der Waals surface area (Å²) in [6.07, 6.45) is 5.04. The fourth-order valence-corrected chi connectivity index (χ4v) is 2.15. The topological polar surface area (TPSA) is 89.9 Å². The fraction of sp³-hybridized carbons (Fsp3) is 0.846. The summed E-state index contributed by atoms with van der Waals surface area (Å²) < 4.78 is 0. The Hall–Kier alpha value is -1.30. The number of carbonyl (C=O) groups excluding carboxylic acids is 1. The van der Waals surface area contributed by atoms with Gasteiger partial charge in [-0.2, -0.15) is 0 Å². The number of nitrogens with zero attached hydrogens (tertiary/aromatic N) is 1. The Bertz CT molecular complexity index is 305. The minimum absolute atomic E-state index is 0.101. The molecule has 1 atom stereocenters. The molecule has 1 unspecified atom stereocenters. The standard InChI is InChI=1S/C13H24N2O4/c1-2-3-7-11(12(17)18)14-13(19)15(8-9-16)10-5-4-6-10/h10-11,16H,2-9H2,1H3,(H,14,19)(H,17,18). The van der Waals surface area contributed by atoms with Crippen molar-refractivity contribution in [1.82, 2.24) is 10.2 Å². The maximum atomic E-state index is 12.1.